The molecule has 3 aromatic rings. The molecule has 2 aromatic heterocycles. The van der Waals surface area contributed by atoms with E-state index in [4.69, 9.17) is 0 Å². The maximum atomic E-state index is 15.3. The number of alkyl halides is 1. The lowest BCUT2D eigenvalue weighted by molar-refractivity contribution is 0.0731. The Morgan fingerprint density at radius 1 is 1.32 bits per heavy atom. The molecule has 2 aliphatic heterocycles. The van der Waals surface area contributed by atoms with Gasteiger partial charge in [-0.05, 0) is 55.9 Å². The molecule has 2 unspecified atom stereocenters. The van der Waals surface area contributed by atoms with E-state index in [1.165, 1.54) is 0 Å². The minimum atomic E-state index is -1.07. The van der Waals surface area contributed by atoms with Gasteiger partial charge in [-0.1, -0.05) is 6.92 Å². The van der Waals surface area contributed by atoms with E-state index in [0.717, 1.165) is 24.1 Å². The van der Waals surface area contributed by atoms with Gasteiger partial charge in [-0.25, -0.2) is 14.4 Å². The van der Waals surface area contributed by atoms with Crippen LogP contribution in [-0.4, -0.2) is 47.6 Å². The molecule has 2 fully saturated rings. The number of hydrogen-bond acceptors (Lipinski definition) is 6. The van der Waals surface area contributed by atoms with E-state index < -0.39 is 11.7 Å². The summed E-state index contributed by atoms with van der Waals surface area (Å²) < 4.78 is 17.1. The number of nitrogens with zero attached hydrogens (tertiary/aromatic N) is 5. The molecule has 160 valence electrons. The number of imidazole rings is 1. The fraction of sp³-hybridized carbons (Fsp3) is 0.391. The lowest BCUT2D eigenvalue weighted by Gasteiger charge is -2.49. The van der Waals surface area contributed by atoms with Gasteiger partial charge in [0.1, 0.15) is 17.6 Å². The third kappa shape index (κ3) is 3.72. The molecule has 0 radical (unpaired) electrons. The Balaban J connectivity index is 1.38. The zero-order valence-electron chi connectivity index (χ0n) is 17.5. The van der Waals surface area contributed by atoms with Crippen molar-refractivity contribution < 1.29 is 9.50 Å². The maximum Gasteiger partial charge on any atom is 0.174 e. The van der Waals surface area contributed by atoms with Crippen molar-refractivity contribution in [2.24, 2.45) is 5.92 Å². The van der Waals surface area contributed by atoms with E-state index in [-0.39, 0.29) is 11.8 Å². The predicted octanol–water partition coefficient (Wildman–Crippen LogP) is 3.70. The van der Waals surface area contributed by atoms with Gasteiger partial charge in [-0.2, -0.15) is 0 Å². The number of nitrogens with one attached hydrogen (secondary N) is 1. The van der Waals surface area contributed by atoms with Crippen LogP contribution in [0.3, 0.4) is 0 Å². The molecule has 8 heteroatoms. The number of aromatic hydroxyl groups is 1. The standard InChI is InChI=1S/C23H25FN6O/c1-14-7-16-8-15(22(24)23(2,11-14)27-16)9-21-26-12-19(28-29-21)18-4-3-17(10-20(18)31)30-6-5-25-13-30/h3-6,9-10,12-14,16,22,27,31H,7-8,11H2,1-2H3/b15-9-/t14?,16?,22-,23-/m1/s1. The quantitative estimate of drug-likeness (QED) is 0.672. The summed E-state index contributed by atoms with van der Waals surface area (Å²) in [6, 6.07) is 5.54. The summed E-state index contributed by atoms with van der Waals surface area (Å²) in [5, 5.41) is 22.3. The lowest BCUT2D eigenvalue weighted by Crippen LogP contribution is -2.63. The van der Waals surface area contributed by atoms with Crippen LogP contribution in [0, 0.1) is 5.92 Å². The summed E-state index contributed by atoms with van der Waals surface area (Å²) in [5.41, 5.74) is 1.96. The molecule has 0 saturated carbocycles. The number of piperidine rings is 2. The first kappa shape index (κ1) is 19.8. The molecule has 0 amide bonds. The SMILES string of the molecule is CC1CC2C/C(=C/c3ncc(-c4ccc(-n5ccnc5)cc4O)nn3)[C@@H](F)[C@@](C)(C1)N2. The van der Waals surface area contributed by atoms with Crippen LogP contribution in [0.1, 0.15) is 38.9 Å². The number of halogens is 1. The van der Waals surface area contributed by atoms with Crippen molar-refractivity contribution in [2.45, 2.75) is 50.9 Å². The first-order valence-corrected chi connectivity index (χ1v) is 10.5. The first-order valence-electron chi connectivity index (χ1n) is 10.5. The Morgan fingerprint density at radius 2 is 2.19 bits per heavy atom. The first-order chi connectivity index (χ1) is 14.9. The van der Waals surface area contributed by atoms with Crippen molar-refractivity contribution >= 4 is 6.08 Å². The Kier molecular flexibility index (Phi) is 4.81. The molecule has 31 heavy (non-hydrogen) atoms. The second-order valence-electron chi connectivity index (χ2n) is 8.96. The smallest absolute Gasteiger partial charge is 0.174 e. The molecule has 0 aliphatic carbocycles. The molecule has 7 nitrogen and oxygen atoms in total. The van der Waals surface area contributed by atoms with E-state index in [9.17, 15) is 5.11 Å². The monoisotopic (exact) mass is 420 g/mol. The van der Waals surface area contributed by atoms with Gasteiger partial charge in [0.2, 0.25) is 0 Å². The zero-order valence-corrected chi connectivity index (χ0v) is 17.5. The van der Waals surface area contributed by atoms with Crippen LogP contribution in [0.5, 0.6) is 5.75 Å². The Hall–Kier alpha value is -3.13. The Labute approximate surface area is 180 Å². The third-order valence-corrected chi connectivity index (χ3v) is 6.31. The molecular weight excluding hydrogens is 395 g/mol. The van der Waals surface area contributed by atoms with Crippen LogP contribution < -0.4 is 5.32 Å². The summed E-state index contributed by atoms with van der Waals surface area (Å²) in [6.07, 6.45) is 9.86. The van der Waals surface area contributed by atoms with Gasteiger partial charge in [-0.3, -0.25) is 0 Å². The van der Waals surface area contributed by atoms with Crippen LogP contribution >= 0.6 is 0 Å². The van der Waals surface area contributed by atoms with Crippen LogP contribution in [0.15, 0.2) is 48.7 Å². The van der Waals surface area contributed by atoms with Gasteiger partial charge in [0.15, 0.2) is 5.82 Å². The zero-order chi connectivity index (χ0) is 21.6. The second kappa shape index (κ2) is 7.53. The number of phenols is 1. The predicted molar refractivity (Wildman–Crippen MR) is 115 cm³/mol. The normalized spacial score (nSPS) is 29.3. The molecule has 2 saturated heterocycles. The molecule has 4 atom stereocenters. The van der Waals surface area contributed by atoms with Crippen molar-refractivity contribution in [3.05, 3.63) is 54.5 Å². The van der Waals surface area contributed by atoms with Gasteiger partial charge in [-0.15, -0.1) is 10.2 Å². The van der Waals surface area contributed by atoms with Crippen LogP contribution in [0.25, 0.3) is 23.0 Å². The minimum Gasteiger partial charge on any atom is -0.507 e. The van der Waals surface area contributed by atoms with Crippen molar-refractivity contribution in [1.82, 2.24) is 30.0 Å². The molecule has 0 spiro atoms. The highest BCUT2D eigenvalue weighted by Gasteiger charge is 2.47. The summed E-state index contributed by atoms with van der Waals surface area (Å²) >= 11 is 0. The second-order valence-corrected chi connectivity index (χ2v) is 8.96. The molecule has 4 heterocycles. The van der Waals surface area contributed by atoms with Gasteiger partial charge in [0.25, 0.3) is 0 Å². The molecule has 2 N–H and O–H groups in total. The van der Waals surface area contributed by atoms with Crippen molar-refractivity contribution in [1.29, 1.82) is 0 Å². The highest BCUT2D eigenvalue weighted by Crippen LogP contribution is 2.41. The lowest BCUT2D eigenvalue weighted by atomic mass is 9.70. The van der Waals surface area contributed by atoms with Crippen LogP contribution in [-0.2, 0) is 0 Å². The van der Waals surface area contributed by atoms with Gasteiger partial charge in [0.05, 0.1) is 23.8 Å². The van der Waals surface area contributed by atoms with Crippen LogP contribution in [0.4, 0.5) is 4.39 Å². The maximum absolute atomic E-state index is 15.3. The number of rotatable bonds is 3. The summed E-state index contributed by atoms with van der Waals surface area (Å²) in [7, 11) is 0. The van der Waals surface area contributed by atoms with E-state index in [0.29, 0.717) is 29.4 Å². The van der Waals surface area contributed by atoms with Gasteiger partial charge in [0, 0.05) is 30.1 Å². The highest BCUT2D eigenvalue weighted by atomic mass is 19.1. The fourth-order valence-corrected chi connectivity index (χ4v) is 5.07. The van der Waals surface area contributed by atoms with Crippen LogP contribution in [0.2, 0.25) is 0 Å². The summed E-state index contributed by atoms with van der Waals surface area (Å²) in [5.74, 6) is 0.971. The molecule has 2 aliphatic rings. The Bertz CT molecular complexity index is 1110. The van der Waals surface area contributed by atoms with Crippen molar-refractivity contribution in [3.8, 4) is 22.7 Å². The highest BCUT2D eigenvalue weighted by molar-refractivity contribution is 5.68. The molecule has 1 aromatic carbocycles. The van der Waals surface area contributed by atoms with Gasteiger partial charge < -0.3 is 15.0 Å². The Morgan fingerprint density at radius 3 is 2.90 bits per heavy atom. The molecule has 5 rings (SSSR count). The fourth-order valence-electron chi connectivity index (χ4n) is 5.07. The molecule has 2 bridgehead atoms. The molecular formula is C23H25FN6O. The van der Waals surface area contributed by atoms with E-state index in [2.05, 4.69) is 32.4 Å². The van der Waals surface area contributed by atoms with E-state index in [1.807, 2.05) is 13.0 Å². The third-order valence-electron chi connectivity index (χ3n) is 6.31. The summed E-state index contributed by atoms with van der Waals surface area (Å²) in [4.78, 5) is 8.38. The largest absolute Gasteiger partial charge is 0.507 e. The van der Waals surface area contributed by atoms with E-state index >= 15 is 4.39 Å². The number of benzene rings is 1. The average Bonchev–Trinajstić information content (AvgIpc) is 3.27. The number of aromatic nitrogens is 5. The number of fused-ring (bicyclic) bond motifs is 2. The topological polar surface area (TPSA) is 88.8 Å². The van der Waals surface area contributed by atoms with Gasteiger partial charge >= 0.3 is 0 Å². The van der Waals surface area contributed by atoms with Crippen molar-refractivity contribution in [3.63, 3.8) is 0 Å². The number of phenolic OH excluding ortho intramolecular Hbond substituents is 1. The summed E-state index contributed by atoms with van der Waals surface area (Å²) in [6.45, 7) is 4.16. The van der Waals surface area contributed by atoms with Crippen molar-refractivity contribution in [2.75, 3.05) is 0 Å². The average molecular weight is 420 g/mol. The number of hydrogen-bond donors (Lipinski definition) is 2. The van der Waals surface area contributed by atoms with E-state index in [1.54, 1.807) is 47.7 Å². The minimum absolute atomic E-state index is 0.0745.